The van der Waals surface area contributed by atoms with Gasteiger partial charge in [-0.25, -0.2) is 13.4 Å². The molecule has 1 aromatic heterocycles. The van der Waals surface area contributed by atoms with Gasteiger partial charge in [0.2, 0.25) is 11.8 Å². The number of sulfone groups is 1. The molecule has 0 atom stereocenters. The third-order valence-corrected chi connectivity index (χ3v) is 7.39. The number of carbonyl (C=O) groups excluding carboxylic acids is 1. The molecular formula is C18H26N2O4S. The molecule has 138 valence electrons. The van der Waals surface area contributed by atoms with E-state index in [9.17, 15) is 13.2 Å². The van der Waals surface area contributed by atoms with Gasteiger partial charge in [0.15, 0.2) is 9.84 Å². The summed E-state index contributed by atoms with van der Waals surface area (Å²) in [6.45, 7) is 1.22. The van der Waals surface area contributed by atoms with E-state index in [1.54, 1.807) is 11.1 Å². The minimum Gasteiger partial charge on any atom is -0.474 e. The zero-order chi connectivity index (χ0) is 17.7. The number of ether oxygens (including phenoxy) is 1. The fourth-order valence-corrected chi connectivity index (χ4v) is 5.46. The Hall–Kier alpha value is -1.63. The summed E-state index contributed by atoms with van der Waals surface area (Å²) >= 11 is 0. The van der Waals surface area contributed by atoms with Crippen molar-refractivity contribution in [2.24, 2.45) is 0 Å². The first kappa shape index (κ1) is 18.2. The average Bonchev–Trinajstić information content (AvgIpc) is 3.17. The van der Waals surface area contributed by atoms with E-state index in [1.165, 1.54) is 0 Å². The highest BCUT2D eigenvalue weighted by Gasteiger charge is 2.30. The molecule has 1 amide bonds. The summed E-state index contributed by atoms with van der Waals surface area (Å²) in [7, 11) is -3.13. The molecule has 2 heterocycles. The second-order valence-electron chi connectivity index (χ2n) is 6.89. The Morgan fingerprint density at radius 1 is 1.16 bits per heavy atom. The fourth-order valence-electron chi connectivity index (χ4n) is 3.61. The number of likely N-dealkylation sites (tertiary alicyclic amines) is 1. The van der Waals surface area contributed by atoms with E-state index in [4.69, 9.17) is 4.74 Å². The number of hydrogen-bond acceptors (Lipinski definition) is 5. The second kappa shape index (κ2) is 8.17. The molecule has 1 saturated heterocycles. The van der Waals surface area contributed by atoms with E-state index in [1.807, 2.05) is 18.2 Å². The maximum absolute atomic E-state index is 12.3. The van der Waals surface area contributed by atoms with Gasteiger partial charge in [0, 0.05) is 44.6 Å². The molecular weight excluding hydrogens is 340 g/mol. The summed E-state index contributed by atoms with van der Waals surface area (Å²) in [4.78, 5) is 18.3. The van der Waals surface area contributed by atoms with Crippen molar-refractivity contribution in [2.45, 2.75) is 56.3 Å². The van der Waals surface area contributed by atoms with Crippen LogP contribution in [0, 0.1) is 0 Å². The zero-order valence-corrected chi connectivity index (χ0v) is 15.3. The highest BCUT2D eigenvalue weighted by molar-refractivity contribution is 7.92. The first-order valence-corrected chi connectivity index (χ1v) is 10.8. The Balaban J connectivity index is 1.42. The molecule has 0 spiro atoms. The van der Waals surface area contributed by atoms with E-state index >= 15 is 0 Å². The van der Waals surface area contributed by atoms with E-state index in [2.05, 4.69) is 4.98 Å². The highest BCUT2D eigenvalue weighted by atomic mass is 32.2. The van der Waals surface area contributed by atoms with Crippen LogP contribution in [-0.2, 0) is 14.6 Å². The Morgan fingerprint density at radius 3 is 2.52 bits per heavy atom. The summed E-state index contributed by atoms with van der Waals surface area (Å²) < 4.78 is 30.4. The summed E-state index contributed by atoms with van der Waals surface area (Å²) in [5.74, 6) is 0.536. The smallest absolute Gasteiger partial charge is 0.223 e. The van der Waals surface area contributed by atoms with Crippen LogP contribution in [0.2, 0.25) is 0 Å². The highest BCUT2D eigenvalue weighted by Crippen LogP contribution is 2.26. The SMILES string of the molecule is O=C(CCS(=O)(=O)C1CCCC1)N1CCC(Oc2ccccn2)CC1. The lowest BCUT2D eigenvalue weighted by atomic mass is 10.1. The number of pyridine rings is 1. The van der Waals surface area contributed by atoms with Gasteiger partial charge in [-0.2, -0.15) is 0 Å². The molecule has 0 aromatic carbocycles. The average molecular weight is 366 g/mol. The molecule has 0 unspecified atom stereocenters. The Labute approximate surface area is 149 Å². The lowest BCUT2D eigenvalue weighted by Gasteiger charge is -2.32. The molecule has 1 aromatic rings. The van der Waals surface area contributed by atoms with Gasteiger partial charge in [-0.1, -0.05) is 18.9 Å². The molecule has 0 bridgehead atoms. The van der Waals surface area contributed by atoms with Crippen molar-refractivity contribution < 1.29 is 17.9 Å². The van der Waals surface area contributed by atoms with Gasteiger partial charge in [0.25, 0.3) is 0 Å². The molecule has 1 aliphatic carbocycles. The van der Waals surface area contributed by atoms with Gasteiger partial charge in [-0.3, -0.25) is 4.79 Å². The predicted octanol–water partition coefficient (Wildman–Crippen LogP) is 2.20. The molecule has 0 N–H and O–H groups in total. The number of rotatable bonds is 6. The van der Waals surface area contributed by atoms with Crippen LogP contribution in [0.25, 0.3) is 0 Å². The first-order chi connectivity index (χ1) is 12.0. The van der Waals surface area contributed by atoms with E-state index in [0.717, 1.165) is 38.5 Å². The van der Waals surface area contributed by atoms with Crippen molar-refractivity contribution in [3.8, 4) is 5.88 Å². The maximum Gasteiger partial charge on any atom is 0.223 e. The number of carbonyl (C=O) groups is 1. The first-order valence-electron chi connectivity index (χ1n) is 9.11. The summed E-state index contributed by atoms with van der Waals surface area (Å²) in [6.07, 6.45) is 6.84. The molecule has 2 aliphatic rings. The summed E-state index contributed by atoms with van der Waals surface area (Å²) in [6, 6.07) is 5.55. The standard InChI is InChI=1S/C18H26N2O4S/c21-18(10-14-25(22,23)16-5-1-2-6-16)20-12-8-15(9-13-20)24-17-7-3-4-11-19-17/h3-4,7,11,15-16H,1-2,5-6,8-10,12-14H2. The van der Waals surface area contributed by atoms with Crippen LogP contribution in [0.3, 0.4) is 0 Å². The largest absolute Gasteiger partial charge is 0.474 e. The Bertz CT molecular complexity index is 664. The van der Waals surface area contributed by atoms with Gasteiger partial charge < -0.3 is 9.64 Å². The van der Waals surface area contributed by atoms with Crippen LogP contribution < -0.4 is 4.74 Å². The van der Waals surface area contributed by atoms with Crippen LogP contribution >= 0.6 is 0 Å². The monoisotopic (exact) mass is 366 g/mol. The minimum atomic E-state index is -3.13. The van der Waals surface area contributed by atoms with Crippen LogP contribution in [0.4, 0.5) is 0 Å². The summed E-state index contributed by atoms with van der Waals surface area (Å²) in [5.41, 5.74) is 0. The minimum absolute atomic E-state index is 0.0130. The molecule has 2 fully saturated rings. The Morgan fingerprint density at radius 2 is 1.88 bits per heavy atom. The number of nitrogens with zero attached hydrogens (tertiary/aromatic N) is 2. The van der Waals surface area contributed by atoms with E-state index in [0.29, 0.717) is 19.0 Å². The third kappa shape index (κ3) is 4.93. The van der Waals surface area contributed by atoms with E-state index in [-0.39, 0.29) is 29.4 Å². The van der Waals surface area contributed by atoms with Crippen LogP contribution in [0.1, 0.15) is 44.9 Å². The van der Waals surface area contributed by atoms with Gasteiger partial charge in [-0.15, -0.1) is 0 Å². The number of piperidine rings is 1. The lowest BCUT2D eigenvalue weighted by Crippen LogP contribution is -2.42. The quantitative estimate of drug-likeness (QED) is 0.771. The van der Waals surface area contributed by atoms with Gasteiger partial charge in [0.05, 0.1) is 11.0 Å². The molecule has 1 aliphatic heterocycles. The van der Waals surface area contributed by atoms with Gasteiger partial charge in [0.1, 0.15) is 6.10 Å². The van der Waals surface area contributed by atoms with Crippen molar-refractivity contribution in [1.29, 1.82) is 0 Å². The number of hydrogen-bond donors (Lipinski definition) is 0. The fraction of sp³-hybridized carbons (Fsp3) is 0.667. The molecule has 25 heavy (non-hydrogen) atoms. The van der Waals surface area contributed by atoms with Crippen molar-refractivity contribution in [3.05, 3.63) is 24.4 Å². The number of aromatic nitrogens is 1. The normalized spacial score (nSPS) is 19.9. The topological polar surface area (TPSA) is 76.6 Å². The second-order valence-corrected chi connectivity index (χ2v) is 9.29. The maximum atomic E-state index is 12.3. The van der Waals surface area contributed by atoms with E-state index < -0.39 is 9.84 Å². The van der Waals surface area contributed by atoms with Gasteiger partial charge in [-0.05, 0) is 18.9 Å². The van der Waals surface area contributed by atoms with Gasteiger partial charge >= 0.3 is 0 Å². The van der Waals surface area contributed by atoms with Crippen molar-refractivity contribution in [2.75, 3.05) is 18.8 Å². The van der Waals surface area contributed by atoms with Crippen LogP contribution in [0.15, 0.2) is 24.4 Å². The molecule has 1 saturated carbocycles. The van der Waals surface area contributed by atoms with Crippen molar-refractivity contribution in [3.63, 3.8) is 0 Å². The molecule has 6 nitrogen and oxygen atoms in total. The summed E-state index contributed by atoms with van der Waals surface area (Å²) in [5, 5.41) is -0.224. The van der Waals surface area contributed by atoms with Crippen molar-refractivity contribution in [1.82, 2.24) is 9.88 Å². The van der Waals surface area contributed by atoms with Crippen LogP contribution in [0.5, 0.6) is 5.88 Å². The zero-order valence-electron chi connectivity index (χ0n) is 14.5. The third-order valence-electron chi connectivity index (χ3n) is 5.13. The Kier molecular flexibility index (Phi) is 5.93. The lowest BCUT2D eigenvalue weighted by molar-refractivity contribution is -0.132. The number of amides is 1. The molecule has 3 rings (SSSR count). The molecule has 0 radical (unpaired) electrons. The predicted molar refractivity (Wildman–Crippen MR) is 95.1 cm³/mol. The van der Waals surface area contributed by atoms with Crippen LogP contribution in [-0.4, -0.2) is 54.4 Å². The molecule has 7 heteroatoms. The van der Waals surface area contributed by atoms with Crippen molar-refractivity contribution >= 4 is 15.7 Å².